The Bertz CT molecular complexity index is 722. The van der Waals surface area contributed by atoms with Gasteiger partial charge in [-0.3, -0.25) is 4.79 Å². The fourth-order valence-electron chi connectivity index (χ4n) is 2.70. The molecule has 23 heavy (non-hydrogen) atoms. The quantitative estimate of drug-likeness (QED) is 0.911. The maximum Gasteiger partial charge on any atom is 0.254 e. The van der Waals surface area contributed by atoms with Crippen LogP contribution in [0.4, 0.5) is 20.2 Å². The van der Waals surface area contributed by atoms with Crippen molar-refractivity contribution in [2.24, 2.45) is 0 Å². The van der Waals surface area contributed by atoms with Crippen LogP contribution in [0.3, 0.4) is 0 Å². The van der Waals surface area contributed by atoms with E-state index in [4.69, 9.17) is 5.11 Å². The van der Waals surface area contributed by atoms with Gasteiger partial charge in [0.25, 0.3) is 5.91 Å². The lowest BCUT2D eigenvalue weighted by Gasteiger charge is -2.35. The van der Waals surface area contributed by atoms with E-state index in [-0.39, 0.29) is 24.7 Å². The van der Waals surface area contributed by atoms with Gasteiger partial charge in [0.2, 0.25) is 0 Å². The number of rotatable bonds is 4. The fourth-order valence-corrected chi connectivity index (χ4v) is 2.70. The van der Waals surface area contributed by atoms with Gasteiger partial charge in [-0.1, -0.05) is 30.3 Å². The maximum atomic E-state index is 13.6. The predicted molar refractivity (Wildman–Crippen MR) is 83.2 cm³/mol. The normalized spacial score (nSPS) is 16.9. The van der Waals surface area contributed by atoms with Crippen LogP contribution in [0.15, 0.2) is 42.5 Å². The molecule has 3 rings (SSSR count). The zero-order valence-corrected chi connectivity index (χ0v) is 12.3. The lowest BCUT2D eigenvalue weighted by atomic mass is 10.0. The van der Waals surface area contributed by atoms with E-state index in [0.29, 0.717) is 12.1 Å². The fraction of sp³-hybridized carbons (Fsp3) is 0.235. The van der Waals surface area contributed by atoms with Crippen molar-refractivity contribution in [2.45, 2.75) is 12.5 Å². The Morgan fingerprint density at radius 2 is 1.83 bits per heavy atom. The molecule has 0 fully saturated rings. The van der Waals surface area contributed by atoms with Crippen LogP contribution in [0.2, 0.25) is 0 Å². The smallest absolute Gasteiger partial charge is 0.254 e. The minimum Gasteiger partial charge on any atom is -0.396 e. The van der Waals surface area contributed by atoms with Gasteiger partial charge in [0.05, 0.1) is 11.4 Å². The number of hydrogen-bond acceptors (Lipinski definition) is 3. The predicted octanol–water partition coefficient (Wildman–Crippen LogP) is 2.85. The van der Waals surface area contributed by atoms with Gasteiger partial charge in [-0.2, -0.15) is 0 Å². The first-order valence-corrected chi connectivity index (χ1v) is 7.34. The van der Waals surface area contributed by atoms with E-state index >= 15 is 0 Å². The number of nitrogens with one attached hydrogen (secondary N) is 1. The highest BCUT2D eigenvalue weighted by molar-refractivity contribution is 6.05. The van der Waals surface area contributed by atoms with Gasteiger partial charge in [0.15, 0.2) is 11.6 Å². The molecule has 2 aromatic rings. The molecule has 120 valence electrons. The first kappa shape index (κ1) is 15.4. The highest BCUT2D eigenvalue weighted by Gasteiger charge is 2.34. The Balaban J connectivity index is 2.04. The van der Waals surface area contributed by atoms with Crippen LogP contribution < -0.4 is 10.2 Å². The first-order chi connectivity index (χ1) is 11.1. The summed E-state index contributed by atoms with van der Waals surface area (Å²) < 4.78 is 27.1. The molecule has 6 heteroatoms. The zero-order valence-electron chi connectivity index (χ0n) is 12.3. The van der Waals surface area contributed by atoms with Crippen molar-refractivity contribution in [3.63, 3.8) is 0 Å². The van der Waals surface area contributed by atoms with Gasteiger partial charge in [-0.25, -0.2) is 8.78 Å². The molecule has 1 amide bonds. The Labute approximate surface area is 132 Å². The summed E-state index contributed by atoms with van der Waals surface area (Å²) in [5.74, 6) is -2.24. The van der Waals surface area contributed by atoms with Gasteiger partial charge >= 0.3 is 0 Å². The number of amides is 1. The van der Waals surface area contributed by atoms with Crippen molar-refractivity contribution in [1.82, 2.24) is 0 Å². The summed E-state index contributed by atoms with van der Waals surface area (Å²) >= 11 is 0. The minimum atomic E-state index is -1.01. The molecule has 2 aromatic carbocycles. The van der Waals surface area contributed by atoms with Gasteiger partial charge in [0, 0.05) is 25.3 Å². The Morgan fingerprint density at radius 3 is 2.52 bits per heavy atom. The number of hydrogen-bond donors (Lipinski definition) is 2. The van der Waals surface area contributed by atoms with Crippen LogP contribution >= 0.6 is 0 Å². The average Bonchev–Trinajstić information content (AvgIpc) is 2.56. The zero-order chi connectivity index (χ0) is 16.4. The van der Waals surface area contributed by atoms with Crippen molar-refractivity contribution in [3.05, 3.63) is 59.7 Å². The number of nitrogens with zero attached hydrogens (tertiary/aromatic N) is 1. The van der Waals surface area contributed by atoms with Crippen LogP contribution in [0, 0.1) is 11.6 Å². The van der Waals surface area contributed by atoms with Crippen LogP contribution in [0.1, 0.15) is 18.0 Å². The van der Waals surface area contributed by atoms with Gasteiger partial charge in [-0.05, 0) is 12.0 Å². The Morgan fingerprint density at radius 1 is 1.13 bits per heavy atom. The monoisotopic (exact) mass is 318 g/mol. The second-order valence-electron chi connectivity index (χ2n) is 5.34. The van der Waals surface area contributed by atoms with E-state index in [1.54, 1.807) is 12.1 Å². The Hall–Kier alpha value is -2.47. The van der Waals surface area contributed by atoms with Crippen LogP contribution in [-0.4, -0.2) is 24.2 Å². The van der Waals surface area contributed by atoms with Gasteiger partial charge in [-0.15, -0.1) is 0 Å². The number of anilines is 2. The number of fused-ring (bicyclic) bond motifs is 1. The molecule has 0 radical (unpaired) electrons. The minimum absolute atomic E-state index is 0.0910. The second kappa shape index (κ2) is 6.34. The van der Waals surface area contributed by atoms with E-state index < -0.39 is 17.7 Å². The summed E-state index contributed by atoms with van der Waals surface area (Å²) in [6.45, 7) is 0.143. The molecule has 1 aliphatic heterocycles. The van der Waals surface area contributed by atoms with E-state index in [0.717, 1.165) is 17.7 Å². The number of aliphatic hydroxyl groups is 1. The molecule has 0 bridgehead atoms. The molecule has 1 atom stereocenters. The summed E-state index contributed by atoms with van der Waals surface area (Å²) in [5.41, 5.74) is 1.38. The van der Waals surface area contributed by atoms with Crippen LogP contribution in [-0.2, 0) is 4.79 Å². The van der Waals surface area contributed by atoms with Crippen molar-refractivity contribution >= 4 is 17.3 Å². The molecular formula is C17H16F2N2O2. The van der Waals surface area contributed by atoms with Crippen molar-refractivity contribution in [3.8, 4) is 0 Å². The third-order valence-corrected chi connectivity index (χ3v) is 3.81. The summed E-state index contributed by atoms with van der Waals surface area (Å²) in [5, 5.41) is 12.0. The molecule has 0 saturated heterocycles. The lowest BCUT2D eigenvalue weighted by molar-refractivity contribution is -0.119. The SMILES string of the molecule is O=C1C(c2ccccc2)Nc2cc(F)c(F)cc2N1CCCO. The molecule has 0 aliphatic carbocycles. The Kier molecular flexibility index (Phi) is 4.25. The average molecular weight is 318 g/mol. The van der Waals surface area contributed by atoms with E-state index in [2.05, 4.69) is 5.32 Å². The van der Waals surface area contributed by atoms with Crippen LogP contribution in [0.5, 0.6) is 0 Å². The highest BCUT2D eigenvalue weighted by Crippen LogP contribution is 2.37. The van der Waals surface area contributed by atoms with Crippen molar-refractivity contribution < 1.29 is 18.7 Å². The summed E-state index contributed by atoms with van der Waals surface area (Å²) in [6, 6.07) is 10.4. The maximum absolute atomic E-state index is 13.6. The second-order valence-corrected chi connectivity index (χ2v) is 5.34. The van der Waals surface area contributed by atoms with E-state index in [1.807, 2.05) is 18.2 Å². The standard InChI is InChI=1S/C17H16F2N2O2/c18-12-9-14-15(10-13(12)19)21(7-4-8-22)17(23)16(20-14)11-5-2-1-3-6-11/h1-3,5-6,9-10,16,20,22H,4,7-8H2. The molecule has 0 aromatic heterocycles. The number of benzene rings is 2. The largest absolute Gasteiger partial charge is 0.396 e. The number of carbonyl (C=O) groups is 1. The molecule has 1 heterocycles. The van der Waals surface area contributed by atoms with Gasteiger partial charge in [0.1, 0.15) is 6.04 Å². The topological polar surface area (TPSA) is 52.6 Å². The molecule has 2 N–H and O–H groups in total. The molecule has 0 spiro atoms. The van der Waals surface area contributed by atoms with E-state index in [1.165, 1.54) is 4.90 Å². The van der Waals surface area contributed by atoms with Crippen LogP contribution in [0.25, 0.3) is 0 Å². The van der Waals surface area contributed by atoms with E-state index in [9.17, 15) is 13.6 Å². The van der Waals surface area contributed by atoms with Crippen molar-refractivity contribution in [1.29, 1.82) is 0 Å². The summed E-state index contributed by atoms with van der Waals surface area (Å²) in [6.07, 6.45) is 0.353. The third-order valence-electron chi connectivity index (χ3n) is 3.81. The lowest BCUT2D eigenvalue weighted by Crippen LogP contribution is -2.43. The first-order valence-electron chi connectivity index (χ1n) is 7.34. The molecule has 0 saturated carbocycles. The molecule has 4 nitrogen and oxygen atoms in total. The number of aliphatic hydroxyl groups excluding tert-OH is 1. The number of carbonyl (C=O) groups excluding carboxylic acids is 1. The number of halogens is 2. The third kappa shape index (κ3) is 2.90. The summed E-state index contributed by atoms with van der Waals surface area (Å²) in [4.78, 5) is 14.1. The molecule has 1 aliphatic rings. The highest BCUT2D eigenvalue weighted by atomic mass is 19.2. The molecule has 1 unspecified atom stereocenters. The van der Waals surface area contributed by atoms with Gasteiger partial charge < -0.3 is 15.3 Å². The summed E-state index contributed by atoms with van der Waals surface area (Å²) in [7, 11) is 0. The molecular weight excluding hydrogens is 302 g/mol. The van der Waals surface area contributed by atoms with Crippen molar-refractivity contribution in [2.75, 3.05) is 23.4 Å².